The molecule has 0 amide bonds. The molecular weight excluding hydrogens is 895 g/mol. The minimum atomic E-state index is -2.84. The Morgan fingerprint density at radius 1 is 0.548 bits per heavy atom. The maximum atomic E-state index is 7.56. The quantitative estimate of drug-likeness (QED) is 0.135. The van der Waals surface area contributed by atoms with Crippen molar-refractivity contribution in [3.05, 3.63) is 189 Å². The van der Waals surface area contributed by atoms with Gasteiger partial charge < -0.3 is 0 Å². The molecular formula is C56H47Cl2O2SiZr. The van der Waals surface area contributed by atoms with E-state index in [2.05, 4.69) is 147 Å². The van der Waals surface area contributed by atoms with Crippen LogP contribution in [0, 0.1) is 13.8 Å². The van der Waals surface area contributed by atoms with E-state index in [1.807, 2.05) is 0 Å². The van der Waals surface area contributed by atoms with E-state index in [-0.39, 0.29) is 11.8 Å². The zero-order chi connectivity index (χ0) is 41.6. The zero-order valence-corrected chi connectivity index (χ0v) is 40.3. The normalized spacial score (nSPS) is 17.9. The fraction of sp³-hybridized carbons (Fsp3) is 0.214. The van der Waals surface area contributed by atoms with Crippen LogP contribution in [0.3, 0.4) is 0 Å². The number of hydrogen-bond acceptors (Lipinski definition) is 2. The predicted molar refractivity (Wildman–Crippen MR) is 259 cm³/mol. The van der Waals surface area contributed by atoms with Crippen molar-refractivity contribution in [2.75, 3.05) is 0 Å². The van der Waals surface area contributed by atoms with Crippen molar-refractivity contribution >= 4 is 67.8 Å². The molecule has 0 spiro atoms. The Labute approximate surface area is 379 Å². The van der Waals surface area contributed by atoms with Crippen LogP contribution in [-0.4, -0.2) is 5.92 Å². The predicted octanol–water partition coefficient (Wildman–Crippen LogP) is 15.7. The van der Waals surface area contributed by atoms with Crippen molar-refractivity contribution in [2.24, 2.45) is 0 Å². The Hall–Kier alpha value is -4.44. The SMILES string of the molecule is Cc1ccc(C2=Cc3c(cc4c(c3-c3cccc5ccccc35)CCC4)C2C[SiH](CC2C(c3ccc(C)o3)=Cc3c2cc2c(c3-c3cccc4ccccc34)CCC2)[Zr]([Cl])[Cl])o1. The Kier molecular flexibility index (Phi) is 9.90. The van der Waals surface area contributed by atoms with Gasteiger partial charge in [0.15, 0.2) is 0 Å². The van der Waals surface area contributed by atoms with Crippen LogP contribution in [0.5, 0.6) is 0 Å². The van der Waals surface area contributed by atoms with Gasteiger partial charge in [-0.3, -0.25) is 0 Å². The summed E-state index contributed by atoms with van der Waals surface area (Å²) in [6, 6.07) is 47.2. The molecule has 0 aliphatic heterocycles. The molecule has 305 valence electrons. The summed E-state index contributed by atoms with van der Waals surface area (Å²) in [5, 5.41) is 5.20. The molecule has 62 heavy (non-hydrogen) atoms. The second-order valence-electron chi connectivity index (χ2n) is 18.1. The molecule has 8 aromatic rings. The van der Waals surface area contributed by atoms with Crippen LogP contribution in [0.1, 0.15) is 92.2 Å². The van der Waals surface area contributed by atoms with E-state index < -0.39 is 24.4 Å². The zero-order valence-electron chi connectivity index (χ0n) is 35.2. The van der Waals surface area contributed by atoms with Gasteiger partial charge in [-0.15, -0.1) is 0 Å². The fourth-order valence-electron chi connectivity index (χ4n) is 11.8. The van der Waals surface area contributed by atoms with Crippen LogP contribution >= 0.6 is 17.0 Å². The fourth-order valence-corrected chi connectivity index (χ4v) is 27.0. The van der Waals surface area contributed by atoms with E-state index >= 15 is 0 Å². The van der Waals surface area contributed by atoms with Gasteiger partial charge in [0, 0.05) is 0 Å². The molecule has 6 heteroatoms. The van der Waals surface area contributed by atoms with Gasteiger partial charge in [0.1, 0.15) is 0 Å². The summed E-state index contributed by atoms with van der Waals surface area (Å²) in [6.07, 6.45) is 11.8. The van der Waals surface area contributed by atoms with Crippen molar-refractivity contribution in [3.8, 4) is 22.3 Å². The molecule has 0 saturated heterocycles. The maximum absolute atomic E-state index is 7.56. The number of aryl methyl sites for hydroxylation is 4. The Balaban J connectivity index is 1.01. The standard InChI is InChI=1S/C56H47O2Si.2ClH.Zr/c1-33-23-25-53(57-33)47-29-49-45(27-37-15-9-19-41(37)55(49)43-21-7-13-35-11-3-5-17-39(35)43)51(47)31-59-32-52-46-28-38-16-10-20-42(38)56(44-22-8-14-36-12-4-6-18-40(36)44)50(46)30-48(52)54-26-24-34(2)58-54;;;/h3-8,11-14,17-18,21-30,51-52,59H,9-10,15-16,19-20,31-32H2,1-2H3;2*1H;/q;;;+2/p-2. The number of furan rings is 2. The molecule has 2 unspecified atom stereocenters. The topological polar surface area (TPSA) is 26.3 Å². The average Bonchev–Trinajstić information content (AvgIpc) is 4.16. The van der Waals surface area contributed by atoms with Crippen LogP contribution in [0.15, 0.2) is 130 Å². The second-order valence-corrected chi connectivity index (χ2v) is 41.6. The van der Waals surface area contributed by atoms with E-state index in [0.717, 1.165) is 60.8 Å². The number of halogens is 2. The number of allylic oxidation sites excluding steroid dienone is 2. The van der Waals surface area contributed by atoms with Gasteiger partial charge in [-0.2, -0.15) is 0 Å². The van der Waals surface area contributed by atoms with E-state index in [9.17, 15) is 0 Å². The molecule has 0 radical (unpaired) electrons. The van der Waals surface area contributed by atoms with Crippen molar-refractivity contribution in [1.29, 1.82) is 0 Å². The third-order valence-corrected chi connectivity index (χ3v) is 36.2. The molecule has 4 aliphatic carbocycles. The number of fused-ring (bicyclic) bond motifs is 6. The van der Waals surface area contributed by atoms with Crippen molar-refractivity contribution < 1.29 is 27.4 Å². The first kappa shape index (κ1) is 39.2. The summed E-state index contributed by atoms with van der Waals surface area (Å²) in [5.41, 5.74) is 19.8. The monoisotopic (exact) mass is 939 g/mol. The number of benzene rings is 6. The summed E-state index contributed by atoms with van der Waals surface area (Å²) in [6.45, 7) is 4.12. The molecule has 2 nitrogen and oxygen atoms in total. The second kappa shape index (κ2) is 15.7. The Morgan fingerprint density at radius 2 is 1.00 bits per heavy atom. The Bertz CT molecular complexity index is 2970. The summed E-state index contributed by atoms with van der Waals surface area (Å²) >= 11 is -2.84. The molecule has 2 atom stereocenters. The van der Waals surface area contributed by atoms with E-state index in [1.165, 1.54) is 112 Å². The summed E-state index contributed by atoms with van der Waals surface area (Å²) < 4.78 is 13.1. The molecule has 2 aromatic heterocycles. The van der Waals surface area contributed by atoms with Crippen molar-refractivity contribution in [2.45, 2.75) is 76.3 Å². The first-order valence-electron chi connectivity index (χ1n) is 22.5. The van der Waals surface area contributed by atoms with Crippen LogP contribution < -0.4 is 0 Å². The van der Waals surface area contributed by atoms with Gasteiger partial charge in [0.05, 0.1) is 0 Å². The number of hydrogen-bond donors (Lipinski definition) is 0. The van der Waals surface area contributed by atoms with Crippen LogP contribution in [0.4, 0.5) is 0 Å². The number of rotatable bonds is 9. The van der Waals surface area contributed by atoms with E-state index in [4.69, 9.17) is 25.9 Å². The van der Waals surface area contributed by atoms with Gasteiger partial charge in [-0.25, -0.2) is 0 Å². The summed E-state index contributed by atoms with van der Waals surface area (Å²) in [4.78, 5) is 0. The van der Waals surface area contributed by atoms with Crippen molar-refractivity contribution in [3.63, 3.8) is 0 Å². The molecule has 0 bridgehead atoms. The third-order valence-electron chi connectivity index (χ3n) is 14.6. The van der Waals surface area contributed by atoms with Gasteiger partial charge >= 0.3 is 383 Å². The molecule has 12 rings (SSSR count). The van der Waals surface area contributed by atoms with Gasteiger partial charge in [0.2, 0.25) is 0 Å². The van der Waals surface area contributed by atoms with Crippen LogP contribution in [0.25, 0.3) is 67.1 Å². The third kappa shape index (κ3) is 6.50. The molecule has 2 heterocycles. The molecule has 6 aromatic carbocycles. The van der Waals surface area contributed by atoms with Crippen molar-refractivity contribution in [1.82, 2.24) is 0 Å². The molecule has 0 N–H and O–H groups in total. The summed E-state index contributed by atoms with van der Waals surface area (Å²) in [7, 11) is 15.1. The molecule has 0 fully saturated rings. The molecule has 4 aliphatic rings. The van der Waals surface area contributed by atoms with Gasteiger partial charge in [0.25, 0.3) is 0 Å². The van der Waals surface area contributed by atoms with E-state index in [1.54, 1.807) is 0 Å². The minimum absolute atomic E-state index is 0.172. The van der Waals surface area contributed by atoms with Gasteiger partial charge in [-0.1, -0.05) is 0 Å². The first-order valence-corrected chi connectivity index (χ1v) is 35.3. The first-order chi connectivity index (χ1) is 30.4. The summed E-state index contributed by atoms with van der Waals surface area (Å²) in [5.74, 6) is 2.39. The molecule has 0 saturated carbocycles. The van der Waals surface area contributed by atoms with Crippen LogP contribution in [-0.2, 0) is 44.2 Å². The average molecular weight is 942 g/mol. The Morgan fingerprint density at radius 3 is 1.44 bits per heavy atom. The van der Waals surface area contributed by atoms with Crippen LogP contribution in [0.2, 0.25) is 12.1 Å². The van der Waals surface area contributed by atoms with Gasteiger partial charge in [-0.05, 0) is 0 Å². The van der Waals surface area contributed by atoms with E-state index in [0.29, 0.717) is 0 Å².